The second-order valence-corrected chi connectivity index (χ2v) is 10.9. The van der Waals surface area contributed by atoms with E-state index in [-0.39, 0.29) is 12.0 Å². The van der Waals surface area contributed by atoms with E-state index in [1.165, 1.54) is 10.6 Å². The van der Waals surface area contributed by atoms with Crippen LogP contribution in [0, 0.1) is 5.92 Å². The molecule has 13 heteroatoms. The van der Waals surface area contributed by atoms with Gasteiger partial charge in [-0.25, -0.2) is 17.7 Å². The van der Waals surface area contributed by atoms with E-state index in [1.807, 2.05) is 28.6 Å². The third-order valence-corrected chi connectivity index (χ3v) is 6.43. The molecule has 3 aromatic rings. The largest absolute Gasteiger partial charge is 0.480 e. The Kier molecular flexibility index (Phi) is 5.42. The van der Waals surface area contributed by atoms with Gasteiger partial charge in [-0.1, -0.05) is 6.92 Å². The lowest BCUT2D eigenvalue weighted by Crippen LogP contribution is -2.47. The number of hydrogen-bond acceptors (Lipinski definition) is 8. The second-order valence-electron chi connectivity index (χ2n) is 8.96. The van der Waals surface area contributed by atoms with Crippen molar-refractivity contribution in [2.75, 3.05) is 24.7 Å². The van der Waals surface area contributed by atoms with Gasteiger partial charge >= 0.3 is 0 Å². The van der Waals surface area contributed by atoms with Crippen molar-refractivity contribution >= 4 is 29.5 Å². The van der Waals surface area contributed by atoms with Crippen LogP contribution in [0.5, 0.6) is 5.88 Å². The standard InChI is InChI=1S/C18H27BN8O3S/c1-11-10-26(31(4,28)29)6-5-13(11)23-17-24-14-9-20-15(12-7-21-22-8-12)16(27(14)25-17)30-18(2,3)19/h7-9,11,13H,5-6,10,19H2,1-4H3,(H,21,22)(H,23,25)/t11-,13+/m1/s1. The molecule has 0 aliphatic carbocycles. The summed E-state index contributed by atoms with van der Waals surface area (Å²) in [6.07, 6.45) is 6.99. The number of nitrogens with zero attached hydrogens (tertiary/aromatic N) is 6. The van der Waals surface area contributed by atoms with Crippen LogP contribution in [0.1, 0.15) is 27.2 Å². The Morgan fingerprint density at radius 1 is 1.35 bits per heavy atom. The fourth-order valence-corrected chi connectivity index (χ4v) is 4.59. The average molecular weight is 446 g/mol. The summed E-state index contributed by atoms with van der Waals surface area (Å²) in [6, 6.07) is 0.0590. The molecule has 1 fully saturated rings. The minimum atomic E-state index is -3.19. The lowest BCUT2D eigenvalue weighted by atomic mass is 9.86. The van der Waals surface area contributed by atoms with Crippen LogP contribution in [0.25, 0.3) is 16.9 Å². The predicted octanol–water partition coefficient (Wildman–Crippen LogP) is 0.344. The second kappa shape index (κ2) is 7.79. The minimum absolute atomic E-state index is 0.0590. The number of hydrogen-bond donors (Lipinski definition) is 2. The van der Waals surface area contributed by atoms with Crippen molar-refractivity contribution in [2.45, 2.75) is 38.7 Å². The summed E-state index contributed by atoms with van der Waals surface area (Å²) in [4.78, 5) is 9.10. The maximum Gasteiger partial charge on any atom is 0.243 e. The highest BCUT2D eigenvalue weighted by atomic mass is 32.2. The van der Waals surface area contributed by atoms with Gasteiger partial charge in [0.05, 0.1) is 24.1 Å². The molecule has 0 radical (unpaired) electrons. The maximum atomic E-state index is 11.8. The van der Waals surface area contributed by atoms with Crippen molar-refractivity contribution in [1.29, 1.82) is 0 Å². The Morgan fingerprint density at radius 3 is 2.74 bits per heavy atom. The van der Waals surface area contributed by atoms with Crippen LogP contribution in [-0.4, -0.2) is 81.2 Å². The minimum Gasteiger partial charge on any atom is -0.480 e. The number of nitrogens with one attached hydrogen (secondary N) is 2. The summed E-state index contributed by atoms with van der Waals surface area (Å²) in [6.45, 7) is 6.88. The molecule has 0 saturated carbocycles. The van der Waals surface area contributed by atoms with Crippen molar-refractivity contribution in [3.8, 4) is 17.1 Å². The monoisotopic (exact) mass is 446 g/mol. The first kappa shape index (κ1) is 21.6. The molecule has 11 nitrogen and oxygen atoms in total. The molecule has 0 spiro atoms. The zero-order chi connectivity index (χ0) is 22.4. The number of aromatic nitrogens is 6. The van der Waals surface area contributed by atoms with E-state index in [2.05, 4.69) is 30.6 Å². The summed E-state index contributed by atoms with van der Waals surface area (Å²) in [5.41, 5.74) is 1.48. The SMILES string of the molecule is BC(C)(C)Oc1c(-c2cn[nH]c2)ncc2nc(N[C@H]3CCN(S(C)(=O)=O)C[C@H]3C)nn12. The lowest BCUT2D eigenvalue weighted by Gasteiger charge is -2.35. The Labute approximate surface area is 182 Å². The maximum absolute atomic E-state index is 11.8. The number of rotatable bonds is 6. The third kappa shape index (κ3) is 4.66. The first-order chi connectivity index (χ1) is 14.5. The quantitative estimate of drug-likeness (QED) is 0.519. The molecule has 2 N–H and O–H groups in total. The Bertz CT molecular complexity index is 1170. The molecule has 0 unspecified atom stereocenters. The molecule has 4 heterocycles. The van der Waals surface area contributed by atoms with Gasteiger partial charge < -0.3 is 10.1 Å². The molecule has 3 aromatic heterocycles. The highest BCUT2D eigenvalue weighted by Crippen LogP contribution is 2.30. The van der Waals surface area contributed by atoms with Gasteiger partial charge in [0.1, 0.15) is 5.69 Å². The first-order valence-corrected chi connectivity index (χ1v) is 12.0. The molecule has 2 atom stereocenters. The van der Waals surface area contributed by atoms with Gasteiger partial charge in [-0.05, 0) is 26.2 Å². The molecule has 1 aliphatic heterocycles. The Morgan fingerprint density at radius 2 is 2.13 bits per heavy atom. The van der Waals surface area contributed by atoms with Crippen LogP contribution in [-0.2, 0) is 10.0 Å². The summed E-state index contributed by atoms with van der Waals surface area (Å²) < 4.78 is 33.0. The number of ether oxygens (including phenoxy) is 1. The number of aromatic amines is 1. The topological polar surface area (TPSA) is 130 Å². The molecular formula is C18H27BN8O3S. The zero-order valence-corrected chi connectivity index (χ0v) is 19.1. The van der Waals surface area contributed by atoms with Gasteiger partial charge in [0.2, 0.25) is 21.9 Å². The normalized spacial score (nSPS) is 20.8. The fraction of sp³-hybridized carbons (Fsp3) is 0.556. The van der Waals surface area contributed by atoms with Crippen molar-refractivity contribution in [1.82, 2.24) is 34.1 Å². The molecule has 166 valence electrons. The first-order valence-electron chi connectivity index (χ1n) is 10.2. The van der Waals surface area contributed by atoms with Crippen LogP contribution in [0.3, 0.4) is 0 Å². The van der Waals surface area contributed by atoms with E-state index in [4.69, 9.17) is 4.74 Å². The van der Waals surface area contributed by atoms with E-state index in [0.29, 0.717) is 42.7 Å². The van der Waals surface area contributed by atoms with E-state index >= 15 is 0 Å². The lowest BCUT2D eigenvalue weighted by molar-refractivity contribution is 0.185. The van der Waals surface area contributed by atoms with Crippen LogP contribution in [0.15, 0.2) is 18.6 Å². The fourth-order valence-electron chi connectivity index (χ4n) is 3.64. The summed E-state index contributed by atoms with van der Waals surface area (Å²) in [7, 11) is -1.23. The molecule has 4 rings (SSSR count). The summed E-state index contributed by atoms with van der Waals surface area (Å²) >= 11 is 0. The number of fused-ring (bicyclic) bond motifs is 1. The van der Waals surface area contributed by atoms with E-state index < -0.39 is 15.5 Å². The van der Waals surface area contributed by atoms with Crippen LogP contribution in [0.2, 0.25) is 0 Å². The number of anilines is 1. The molecule has 0 bridgehead atoms. The number of sulfonamides is 1. The molecular weight excluding hydrogens is 419 g/mol. The average Bonchev–Trinajstić information content (AvgIpc) is 3.31. The predicted molar refractivity (Wildman–Crippen MR) is 119 cm³/mol. The van der Waals surface area contributed by atoms with Crippen molar-refractivity contribution < 1.29 is 13.2 Å². The summed E-state index contributed by atoms with van der Waals surface area (Å²) in [5.74, 6) is 1.04. The van der Waals surface area contributed by atoms with Gasteiger partial charge in [-0.2, -0.15) is 14.6 Å². The third-order valence-electron chi connectivity index (χ3n) is 5.16. The van der Waals surface area contributed by atoms with Crippen molar-refractivity contribution in [3.05, 3.63) is 18.6 Å². The molecule has 0 amide bonds. The van der Waals surface area contributed by atoms with Crippen molar-refractivity contribution in [2.24, 2.45) is 5.92 Å². The van der Waals surface area contributed by atoms with E-state index in [0.717, 1.165) is 5.56 Å². The van der Waals surface area contributed by atoms with Crippen LogP contribution in [0.4, 0.5) is 5.95 Å². The van der Waals surface area contributed by atoms with Gasteiger partial charge in [-0.3, -0.25) is 5.10 Å². The van der Waals surface area contributed by atoms with Crippen LogP contribution >= 0.6 is 0 Å². The van der Waals surface area contributed by atoms with Gasteiger partial charge in [0, 0.05) is 30.9 Å². The Hall–Kier alpha value is -2.67. The molecule has 31 heavy (non-hydrogen) atoms. The molecule has 0 aromatic carbocycles. The Balaban J connectivity index is 1.64. The van der Waals surface area contributed by atoms with E-state index in [1.54, 1.807) is 23.1 Å². The highest BCUT2D eigenvalue weighted by Gasteiger charge is 2.31. The highest BCUT2D eigenvalue weighted by molar-refractivity contribution is 7.88. The van der Waals surface area contributed by atoms with Gasteiger partial charge in [-0.15, -0.1) is 5.10 Å². The molecule has 1 saturated heterocycles. The van der Waals surface area contributed by atoms with Crippen LogP contribution < -0.4 is 10.1 Å². The zero-order valence-electron chi connectivity index (χ0n) is 18.3. The van der Waals surface area contributed by atoms with Crippen molar-refractivity contribution in [3.63, 3.8) is 0 Å². The smallest absolute Gasteiger partial charge is 0.243 e. The number of H-pyrrole nitrogens is 1. The van der Waals surface area contributed by atoms with Gasteiger partial charge in [0.15, 0.2) is 13.5 Å². The van der Waals surface area contributed by atoms with E-state index in [9.17, 15) is 8.42 Å². The number of piperidine rings is 1. The molecule has 1 aliphatic rings. The summed E-state index contributed by atoms with van der Waals surface area (Å²) in [5, 5.41) is 14.8. The van der Waals surface area contributed by atoms with Gasteiger partial charge in [0.25, 0.3) is 0 Å².